The molecule has 2 atom stereocenters. The average Bonchev–Trinajstić information content (AvgIpc) is 2.85. The van der Waals surface area contributed by atoms with Crippen LogP contribution in [0.15, 0.2) is 11.0 Å². The number of halogens is 1. The minimum Gasteiger partial charge on any atom is -0.383 e. The van der Waals surface area contributed by atoms with E-state index >= 15 is 0 Å². The number of methoxy groups -OCH3 is 1. The Kier molecular flexibility index (Phi) is 5.39. The topological polar surface area (TPSA) is 65.4 Å². The highest BCUT2D eigenvalue weighted by molar-refractivity contribution is 6.32. The number of nitrogens with one attached hydrogen (secondary N) is 1. The molecule has 0 amide bonds. The van der Waals surface area contributed by atoms with Crippen molar-refractivity contribution in [2.75, 3.05) is 32.2 Å². The minimum absolute atomic E-state index is 0.169. The lowest BCUT2D eigenvalue weighted by atomic mass is 10.0. The smallest absolute Gasteiger partial charge is 0.287 e. The summed E-state index contributed by atoms with van der Waals surface area (Å²) in [5, 5.41) is 7.45. The van der Waals surface area contributed by atoms with E-state index in [0.29, 0.717) is 24.8 Å². The van der Waals surface area contributed by atoms with Crippen molar-refractivity contribution in [3.05, 3.63) is 21.6 Å². The molecule has 0 aliphatic carbocycles. The maximum atomic E-state index is 12.0. The van der Waals surface area contributed by atoms with Gasteiger partial charge in [0.2, 0.25) is 0 Å². The van der Waals surface area contributed by atoms with Crippen molar-refractivity contribution in [2.45, 2.75) is 26.0 Å². The van der Waals surface area contributed by atoms with Gasteiger partial charge in [-0.25, -0.2) is 4.68 Å². The van der Waals surface area contributed by atoms with Gasteiger partial charge in [0, 0.05) is 26.2 Å². The number of rotatable bonds is 6. The van der Waals surface area contributed by atoms with E-state index in [4.69, 9.17) is 21.1 Å². The molecule has 1 aromatic rings. The lowest BCUT2D eigenvalue weighted by Gasteiger charge is -2.16. The van der Waals surface area contributed by atoms with Gasteiger partial charge in [-0.15, -0.1) is 0 Å². The predicted octanol–water partition coefficient (Wildman–Crippen LogP) is 1.38. The molecule has 0 spiro atoms. The molecule has 2 heterocycles. The number of hydrogen-bond donors (Lipinski definition) is 1. The molecule has 1 aliphatic heterocycles. The SMILES string of the molecule is COCCn1ncc(NCC2CCOC2C)c(Cl)c1=O. The predicted molar refractivity (Wildman–Crippen MR) is 77.4 cm³/mol. The largest absolute Gasteiger partial charge is 0.383 e. The first-order valence-electron chi connectivity index (χ1n) is 6.73. The third-order valence-electron chi connectivity index (χ3n) is 3.58. The first-order valence-corrected chi connectivity index (χ1v) is 7.11. The Hall–Kier alpha value is -1.11. The monoisotopic (exact) mass is 301 g/mol. The average molecular weight is 302 g/mol. The highest BCUT2D eigenvalue weighted by Gasteiger charge is 2.24. The zero-order chi connectivity index (χ0) is 14.5. The Bertz CT molecular complexity index is 506. The van der Waals surface area contributed by atoms with Gasteiger partial charge >= 0.3 is 0 Å². The quantitative estimate of drug-likeness (QED) is 0.860. The summed E-state index contributed by atoms with van der Waals surface area (Å²) in [6.45, 7) is 4.39. The fourth-order valence-corrected chi connectivity index (χ4v) is 2.42. The van der Waals surface area contributed by atoms with Crippen LogP contribution in [0.1, 0.15) is 13.3 Å². The van der Waals surface area contributed by atoms with Gasteiger partial charge < -0.3 is 14.8 Å². The van der Waals surface area contributed by atoms with Crippen LogP contribution in [-0.4, -0.2) is 42.8 Å². The van der Waals surface area contributed by atoms with Crippen molar-refractivity contribution in [2.24, 2.45) is 5.92 Å². The van der Waals surface area contributed by atoms with E-state index in [-0.39, 0.29) is 16.7 Å². The molecular formula is C13H20ClN3O3. The standard InChI is InChI=1S/C13H20ClN3O3/c1-9-10(3-5-20-9)7-15-11-8-16-17(4-6-19-2)13(18)12(11)14/h8-10,15H,3-7H2,1-2H3. The highest BCUT2D eigenvalue weighted by Crippen LogP contribution is 2.22. The summed E-state index contributed by atoms with van der Waals surface area (Å²) in [7, 11) is 1.58. The zero-order valence-electron chi connectivity index (χ0n) is 11.8. The zero-order valence-corrected chi connectivity index (χ0v) is 12.5. The van der Waals surface area contributed by atoms with Crippen LogP contribution in [0.3, 0.4) is 0 Å². The van der Waals surface area contributed by atoms with E-state index in [1.807, 2.05) is 0 Å². The Morgan fingerprint density at radius 2 is 2.45 bits per heavy atom. The van der Waals surface area contributed by atoms with Gasteiger partial charge in [-0.1, -0.05) is 11.6 Å². The Labute approximate surface area is 123 Å². The number of aromatic nitrogens is 2. The van der Waals surface area contributed by atoms with Gasteiger partial charge in [-0.05, 0) is 13.3 Å². The maximum absolute atomic E-state index is 12.0. The number of ether oxygens (including phenoxy) is 2. The molecule has 0 radical (unpaired) electrons. The normalized spacial score (nSPS) is 22.1. The second kappa shape index (κ2) is 7.06. The van der Waals surface area contributed by atoms with Crippen molar-refractivity contribution in [3.8, 4) is 0 Å². The molecular weight excluding hydrogens is 282 g/mol. The molecule has 2 rings (SSSR count). The van der Waals surface area contributed by atoms with Gasteiger partial charge in [0.15, 0.2) is 0 Å². The summed E-state index contributed by atoms with van der Waals surface area (Å²) in [6.07, 6.45) is 2.83. The van der Waals surface area contributed by atoms with Crippen LogP contribution in [0.4, 0.5) is 5.69 Å². The molecule has 6 nitrogen and oxygen atoms in total. The van der Waals surface area contributed by atoms with Crippen LogP contribution in [0.2, 0.25) is 5.02 Å². The van der Waals surface area contributed by atoms with Crippen LogP contribution in [-0.2, 0) is 16.0 Å². The number of nitrogens with zero attached hydrogens (tertiary/aromatic N) is 2. The molecule has 1 aliphatic rings. The Morgan fingerprint density at radius 3 is 3.10 bits per heavy atom. The molecule has 0 saturated carbocycles. The van der Waals surface area contributed by atoms with Crippen LogP contribution in [0, 0.1) is 5.92 Å². The molecule has 7 heteroatoms. The first-order chi connectivity index (χ1) is 9.63. The number of anilines is 1. The molecule has 1 aromatic heterocycles. The second-order valence-electron chi connectivity index (χ2n) is 4.90. The molecule has 1 fully saturated rings. The number of hydrogen-bond acceptors (Lipinski definition) is 5. The summed E-state index contributed by atoms with van der Waals surface area (Å²) in [5.74, 6) is 0.432. The molecule has 2 unspecified atom stereocenters. The molecule has 0 aromatic carbocycles. The van der Waals surface area contributed by atoms with Gasteiger partial charge in [0.05, 0.1) is 31.1 Å². The third kappa shape index (κ3) is 3.50. The van der Waals surface area contributed by atoms with E-state index in [1.54, 1.807) is 13.3 Å². The van der Waals surface area contributed by atoms with Gasteiger partial charge in [0.1, 0.15) is 5.02 Å². The lowest BCUT2D eigenvalue weighted by Crippen LogP contribution is -2.27. The fourth-order valence-electron chi connectivity index (χ4n) is 2.21. The second-order valence-corrected chi connectivity index (χ2v) is 5.28. The van der Waals surface area contributed by atoms with E-state index in [9.17, 15) is 4.79 Å². The molecule has 112 valence electrons. The third-order valence-corrected chi connectivity index (χ3v) is 3.95. The summed E-state index contributed by atoms with van der Waals surface area (Å²) in [4.78, 5) is 12.0. The molecule has 20 heavy (non-hydrogen) atoms. The lowest BCUT2D eigenvalue weighted by molar-refractivity contribution is 0.108. The summed E-state index contributed by atoms with van der Waals surface area (Å²) >= 11 is 6.09. The van der Waals surface area contributed by atoms with Crippen molar-refractivity contribution < 1.29 is 9.47 Å². The van der Waals surface area contributed by atoms with Crippen LogP contribution in [0.25, 0.3) is 0 Å². The maximum Gasteiger partial charge on any atom is 0.287 e. The Balaban J connectivity index is 2.01. The van der Waals surface area contributed by atoms with Crippen LogP contribution in [0.5, 0.6) is 0 Å². The fraction of sp³-hybridized carbons (Fsp3) is 0.692. The van der Waals surface area contributed by atoms with Gasteiger partial charge in [0.25, 0.3) is 5.56 Å². The van der Waals surface area contributed by atoms with E-state index in [1.165, 1.54) is 4.68 Å². The highest BCUT2D eigenvalue weighted by atomic mass is 35.5. The Morgan fingerprint density at radius 1 is 1.65 bits per heavy atom. The van der Waals surface area contributed by atoms with Crippen LogP contribution < -0.4 is 10.9 Å². The summed E-state index contributed by atoms with van der Waals surface area (Å²) in [6, 6.07) is 0. The molecule has 0 bridgehead atoms. The van der Waals surface area contributed by atoms with Crippen molar-refractivity contribution in [1.29, 1.82) is 0 Å². The van der Waals surface area contributed by atoms with Crippen molar-refractivity contribution >= 4 is 17.3 Å². The van der Waals surface area contributed by atoms with E-state index in [0.717, 1.165) is 19.6 Å². The summed E-state index contributed by atoms with van der Waals surface area (Å²) in [5.41, 5.74) is 0.272. The van der Waals surface area contributed by atoms with Gasteiger partial charge in [-0.2, -0.15) is 5.10 Å². The van der Waals surface area contributed by atoms with Crippen molar-refractivity contribution in [3.63, 3.8) is 0 Å². The minimum atomic E-state index is -0.301. The van der Waals surface area contributed by atoms with Gasteiger partial charge in [-0.3, -0.25) is 4.79 Å². The van der Waals surface area contributed by atoms with E-state index in [2.05, 4.69) is 17.3 Å². The van der Waals surface area contributed by atoms with Crippen LogP contribution >= 0.6 is 11.6 Å². The summed E-state index contributed by atoms with van der Waals surface area (Å²) < 4.78 is 11.7. The van der Waals surface area contributed by atoms with Crippen molar-refractivity contribution in [1.82, 2.24) is 9.78 Å². The molecule has 1 saturated heterocycles. The van der Waals surface area contributed by atoms with E-state index < -0.39 is 0 Å². The first kappa shape index (κ1) is 15.3. The molecule has 1 N–H and O–H groups in total.